The molecule has 1 fully saturated rings. The highest BCUT2D eigenvalue weighted by molar-refractivity contribution is 6.05. The topological polar surface area (TPSA) is 75.5 Å². The van der Waals surface area contributed by atoms with Gasteiger partial charge in [-0.15, -0.1) is 0 Å². The van der Waals surface area contributed by atoms with Gasteiger partial charge in [-0.2, -0.15) is 0 Å². The fourth-order valence-electron chi connectivity index (χ4n) is 3.80. The summed E-state index contributed by atoms with van der Waals surface area (Å²) < 4.78 is 0. The Morgan fingerprint density at radius 2 is 2.00 bits per heavy atom. The number of nitrogens with zero attached hydrogens (tertiary/aromatic N) is 2. The number of hydrogen-bond acceptors (Lipinski definition) is 4. The Morgan fingerprint density at radius 3 is 2.68 bits per heavy atom. The zero-order valence-corrected chi connectivity index (χ0v) is 16.6. The smallest absolute Gasteiger partial charge is 0.293 e. The zero-order chi connectivity index (χ0) is 20.3. The maximum atomic E-state index is 12.8. The molecule has 28 heavy (non-hydrogen) atoms. The quantitative estimate of drug-likeness (QED) is 0.570. The lowest BCUT2D eigenvalue weighted by Gasteiger charge is -2.32. The summed E-state index contributed by atoms with van der Waals surface area (Å²) in [6.45, 7) is 7.88. The lowest BCUT2D eigenvalue weighted by atomic mass is 9.99. The van der Waals surface area contributed by atoms with Gasteiger partial charge in [-0.05, 0) is 48.4 Å². The lowest BCUT2D eigenvalue weighted by molar-refractivity contribution is -0.384. The molecule has 1 amide bonds. The van der Waals surface area contributed by atoms with Crippen LogP contribution in [0.1, 0.15) is 55.5 Å². The second-order valence-corrected chi connectivity index (χ2v) is 7.85. The van der Waals surface area contributed by atoms with Gasteiger partial charge in [0.15, 0.2) is 0 Å². The predicted molar refractivity (Wildman–Crippen MR) is 112 cm³/mol. The Morgan fingerprint density at radius 1 is 1.25 bits per heavy atom. The van der Waals surface area contributed by atoms with E-state index >= 15 is 0 Å². The highest BCUT2D eigenvalue weighted by atomic mass is 16.6. The Labute approximate surface area is 165 Å². The molecule has 0 bridgehead atoms. The first-order chi connectivity index (χ1) is 13.4. The number of rotatable bonds is 5. The molecule has 1 unspecified atom stereocenters. The van der Waals surface area contributed by atoms with Gasteiger partial charge in [0.25, 0.3) is 11.6 Å². The number of nitro groups is 1. The van der Waals surface area contributed by atoms with Crippen molar-refractivity contribution >= 4 is 23.0 Å². The van der Waals surface area contributed by atoms with Gasteiger partial charge in [0, 0.05) is 30.4 Å². The van der Waals surface area contributed by atoms with Gasteiger partial charge < -0.3 is 10.2 Å². The SMILES string of the molecule is CC1CCCN(c2ccc(C(=O)Nc3ccccc3C(C)C)cc2[N+](=O)[O-])C1. The van der Waals surface area contributed by atoms with Gasteiger partial charge in [-0.25, -0.2) is 0 Å². The van der Waals surface area contributed by atoms with E-state index in [0.717, 1.165) is 37.2 Å². The highest BCUT2D eigenvalue weighted by Gasteiger charge is 2.25. The van der Waals surface area contributed by atoms with E-state index in [1.165, 1.54) is 6.07 Å². The molecule has 1 saturated heterocycles. The van der Waals surface area contributed by atoms with Crippen molar-refractivity contribution in [2.24, 2.45) is 5.92 Å². The van der Waals surface area contributed by atoms with Crippen molar-refractivity contribution in [3.8, 4) is 0 Å². The number of piperidine rings is 1. The van der Waals surface area contributed by atoms with Crippen molar-refractivity contribution in [3.63, 3.8) is 0 Å². The third kappa shape index (κ3) is 4.32. The number of amides is 1. The van der Waals surface area contributed by atoms with E-state index in [1.54, 1.807) is 12.1 Å². The minimum absolute atomic E-state index is 0.0149. The molecule has 0 spiro atoms. The fourth-order valence-corrected chi connectivity index (χ4v) is 3.80. The largest absolute Gasteiger partial charge is 0.366 e. The van der Waals surface area contributed by atoms with Crippen LogP contribution in [0.2, 0.25) is 0 Å². The first-order valence-corrected chi connectivity index (χ1v) is 9.80. The molecule has 2 aromatic rings. The van der Waals surface area contributed by atoms with E-state index in [0.29, 0.717) is 17.2 Å². The van der Waals surface area contributed by atoms with Crippen LogP contribution in [0.5, 0.6) is 0 Å². The summed E-state index contributed by atoms with van der Waals surface area (Å²) in [6, 6.07) is 12.4. The van der Waals surface area contributed by atoms with E-state index in [4.69, 9.17) is 0 Å². The van der Waals surface area contributed by atoms with E-state index in [-0.39, 0.29) is 17.5 Å². The Hall–Kier alpha value is -2.89. The van der Waals surface area contributed by atoms with E-state index < -0.39 is 4.92 Å². The molecule has 1 aliphatic rings. The molecule has 1 aliphatic heterocycles. The number of para-hydroxylation sites is 1. The average molecular weight is 381 g/mol. The lowest BCUT2D eigenvalue weighted by Crippen LogP contribution is -2.34. The molecule has 3 rings (SSSR count). The summed E-state index contributed by atoms with van der Waals surface area (Å²) in [4.78, 5) is 26.1. The second kappa shape index (κ2) is 8.42. The number of nitrogens with one attached hydrogen (secondary N) is 1. The maximum Gasteiger partial charge on any atom is 0.293 e. The molecule has 0 radical (unpaired) electrons. The van der Waals surface area contributed by atoms with Crippen molar-refractivity contribution in [2.45, 2.75) is 39.5 Å². The summed E-state index contributed by atoms with van der Waals surface area (Å²) in [5.74, 6) is 0.424. The van der Waals surface area contributed by atoms with E-state index in [2.05, 4.69) is 31.0 Å². The van der Waals surface area contributed by atoms with Crippen molar-refractivity contribution in [1.82, 2.24) is 0 Å². The van der Waals surface area contributed by atoms with Gasteiger partial charge >= 0.3 is 0 Å². The number of hydrogen-bond donors (Lipinski definition) is 1. The molecule has 2 aromatic carbocycles. The minimum Gasteiger partial charge on any atom is -0.366 e. The zero-order valence-electron chi connectivity index (χ0n) is 16.6. The van der Waals surface area contributed by atoms with Gasteiger partial charge in [0.1, 0.15) is 5.69 Å². The van der Waals surface area contributed by atoms with Crippen molar-refractivity contribution in [3.05, 3.63) is 63.7 Å². The molecule has 1 atom stereocenters. The van der Waals surface area contributed by atoms with Gasteiger partial charge in [-0.1, -0.05) is 39.0 Å². The van der Waals surface area contributed by atoms with Gasteiger partial charge in [0.05, 0.1) is 4.92 Å². The Bertz CT molecular complexity index is 879. The molecule has 1 heterocycles. The fraction of sp³-hybridized carbons (Fsp3) is 0.409. The third-order valence-electron chi connectivity index (χ3n) is 5.26. The van der Waals surface area contributed by atoms with Crippen LogP contribution in [-0.4, -0.2) is 23.9 Å². The van der Waals surface area contributed by atoms with Crippen LogP contribution < -0.4 is 10.2 Å². The predicted octanol–water partition coefficient (Wildman–Crippen LogP) is 5.21. The van der Waals surface area contributed by atoms with Crippen LogP contribution in [0.15, 0.2) is 42.5 Å². The van der Waals surface area contributed by atoms with Crippen LogP contribution in [-0.2, 0) is 0 Å². The first-order valence-electron chi connectivity index (χ1n) is 9.80. The van der Waals surface area contributed by atoms with Crippen molar-refractivity contribution in [1.29, 1.82) is 0 Å². The molecule has 0 aromatic heterocycles. The molecule has 0 aliphatic carbocycles. The van der Waals surface area contributed by atoms with Crippen molar-refractivity contribution < 1.29 is 9.72 Å². The summed E-state index contributed by atoms with van der Waals surface area (Å²) in [7, 11) is 0. The summed E-state index contributed by atoms with van der Waals surface area (Å²) >= 11 is 0. The summed E-state index contributed by atoms with van der Waals surface area (Å²) in [5.41, 5.74) is 2.64. The Kier molecular flexibility index (Phi) is 5.97. The number of carbonyl (C=O) groups is 1. The molecule has 6 heteroatoms. The van der Waals surface area contributed by atoms with Crippen LogP contribution in [0.25, 0.3) is 0 Å². The van der Waals surface area contributed by atoms with Crippen LogP contribution in [0.3, 0.4) is 0 Å². The van der Waals surface area contributed by atoms with Crippen molar-refractivity contribution in [2.75, 3.05) is 23.3 Å². The molecule has 1 N–H and O–H groups in total. The number of benzene rings is 2. The minimum atomic E-state index is -0.395. The number of anilines is 2. The maximum absolute atomic E-state index is 12.8. The van der Waals surface area contributed by atoms with Crippen LogP contribution in [0, 0.1) is 16.0 Å². The van der Waals surface area contributed by atoms with Crippen LogP contribution >= 0.6 is 0 Å². The normalized spacial score (nSPS) is 16.9. The standard InChI is InChI=1S/C22H27N3O3/c1-15(2)18-8-4-5-9-19(18)23-22(26)17-10-11-20(21(13-17)25(27)28)24-12-6-7-16(3)14-24/h4-5,8-11,13,15-16H,6-7,12,14H2,1-3H3,(H,23,26). The monoisotopic (exact) mass is 381 g/mol. The van der Waals surface area contributed by atoms with Gasteiger partial charge in [-0.3, -0.25) is 14.9 Å². The van der Waals surface area contributed by atoms with E-state index in [9.17, 15) is 14.9 Å². The molecule has 0 saturated carbocycles. The second-order valence-electron chi connectivity index (χ2n) is 7.85. The summed E-state index contributed by atoms with van der Waals surface area (Å²) in [5, 5.41) is 14.6. The number of carbonyl (C=O) groups excluding carboxylic acids is 1. The molecular formula is C22H27N3O3. The Balaban J connectivity index is 1.88. The first kappa shape index (κ1) is 19.9. The van der Waals surface area contributed by atoms with Gasteiger partial charge in [0.2, 0.25) is 0 Å². The average Bonchev–Trinajstić information content (AvgIpc) is 2.67. The molecular weight excluding hydrogens is 354 g/mol. The van der Waals surface area contributed by atoms with E-state index in [1.807, 2.05) is 24.3 Å². The highest BCUT2D eigenvalue weighted by Crippen LogP contribution is 2.33. The number of nitro benzene ring substituents is 1. The molecule has 6 nitrogen and oxygen atoms in total. The molecule has 148 valence electrons. The van der Waals surface area contributed by atoms with Crippen LogP contribution in [0.4, 0.5) is 17.1 Å². The summed E-state index contributed by atoms with van der Waals surface area (Å²) in [6.07, 6.45) is 2.16. The third-order valence-corrected chi connectivity index (χ3v) is 5.26.